The summed E-state index contributed by atoms with van der Waals surface area (Å²) in [5, 5.41) is 6.29. The Labute approximate surface area is 168 Å². The molecule has 1 amide bonds. The van der Waals surface area contributed by atoms with Gasteiger partial charge in [-0.05, 0) is 56.4 Å². The Morgan fingerprint density at radius 3 is 2.69 bits per heavy atom. The van der Waals surface area contributed by atoms with E-state index in [1.165, 1.54) is 25.0 Å². The first-order valence-corrected chi connectivity index (χ1v) is 10.7. The van der Waals surface area contributed by atoms with Crippen molar-refractivity contribution in [3.63, 3.8) is 0 Å². The summed E-state index contributed by atoms with van der Waals surface area (Å²) < 4.78 is 36.5. The van der Waals surface area contributed by atoms with Crippen molar-refractivity contribution in [1.29, 1.82) is 0 Å². The van der Waals surface area contributed by atoms with Crippen molar-refractivity contribution < 1.29 is 27.3 Å². The van der Waals surface area contributed by atoms with Gasteiger partial charge in [0.2, 0.25) is 10.0 Å². The number of carbonyl (C=O) groups excluding carboxylic acids is 2. The standard InChI is InChI=1S/C19H23N3O6S/c1-12-19(13(2)28-22-12)29(25,26)20-9-8-18(24)27-11-17(23)21-16-7-6-14-4-3-5-15(14)10-16/h6-7,10,20H,3-5,8-9,11H2,1-2H3,(H,21,23). The van der Waals surface area contributed by atoms with E-state index in [1.807, 2.05) is 18.2 Å². The van der Waals surface area contributed by atoms with Crippen LogP contribution in [-0.4, -0.2) is 38.6 Å². The van der Waals surface area contributed by atoms with Gasteiger partial charge >= 0.3 is 5.97 Å². The molecule has 3 rings (SSSR count). The first-order valence-electron chi connectivity index (χ1n) is 9.26. The molecule has 2 N–H and O–H groups in total. The van der Waals surface area contributed by atoms with Crippen LogP contribution in [0.2, 0.25) is 0 Å². The number of nitrogens with one attached hydrogen (secondary N) is 2. The van der Waals surface area contributed by atoms with Crippen molar-refractivity contribution in [2.75, 3.05) is 18.5 Å². The quantitative estimate of drug-likeness (QED) is 0.620. The number of hydrogen-bond donors (Lipinski definition) is 2. The molecule has 0 radical (unpaired) electrons. The van der Waals surface area contributed by atoms with Gasteiger partial charge in [-0.15, -0.1) is 0 Å². The number of rotatable bonds is 8. The van der Waals surface area contributed by atoms with Crippen LogP contribution in [0.5, 0.6) is 0 Å². The van der Waals surface area contributed by atoms with Crippen LogP contribution < -0.4 is 10.0 Å². The number of carbonyl (C=O) groups is 2. The van der Waals surface area contributed by atoms with Gasteiger partial charge in [0.1, 0.15) is 10.6 Å². The smallest absolute Gasteiger partial charge is 0.307 e. The monoisotopic (exact) mass is 421 g/mol. The van der Waals surface area contributed by atoms with Gasteiger partial charge < -0.3 is 14.6 Å². The molecule has 1 heterocycles. The summed E-state index contributed by atoms with van der Waals surface area (Å²) in [5.41, 5.74) is 3.43. The van der Waals surface area contributed by atoms with Gasteiger partial charge in [0.15, 0.2) is 12.4 Å². The summed E-state index contributed by atoms with van der Waals surface area (Å²) in [5.74, 6) is -0.969. The zero-order valence-corrected chi connectivity index (χ0v) is 17.1. The minimum absolute atomic E-state index is 0.0420. The highest BCUT2D eigenvalue weighted by Gasteiger charge is 2.24. The number of aromatic nitrogens is 1. The van der Waals surface area contributed by atoms with Gasteiger partial charge in [-0.25, -0.2) is 13.1 Å². The lowest BCUT2D eigenvalue weighted by Crippen LogP contribution is -2.28. The summed E-state index contributed by atoms with van der Waals surface area (Å²) in [4.78, 5) is 23.7. The topological polar surface area (TPSA) is 128 Å². The molecule has 0 aliphatic heterocycles. The Morgan fingerprint density at radius 2 is 1.97 bits per heavy atom. The maximum absolute atomic E-state index is 12.2. The number of esters is 1. The molecule has 0 atom stereocenters. The number of nitrogens with zero attached hydrogens (tertiary/aromatic N) is 1. The van der Waals surface area contributed by atoms with E-state index in [2.05, 4.69) is 15.2 Å². The van der Waals surface area contributed by atoms with Gasteiger partial charge in [-0.1, -0.05) is 11.2 Å². The first-order chi connectivity index (χ1) is 13.8. The number of benzene rings is 1. The molecular weight excluding hydrogens is 398 g/mol. The molecule has 0 bridgehead atoms. The molecule has 1 aliphatic carbocycles. The van der Waals surface area contributed by atoms with E-state index in [4.69, 9.17) is 9.26 Å². The molecule has 1 aromatic carbocycles. The van der Waals surface area contributed by atoms with Gasteiger partial charge in [0, 0.05) is 12.2 Å². The van der Waals surface area contributed by atoms with E-state index in [-0.39, 0.29) is 29.3 Å². The lowest BCUT2D eigenvalue weighted by atomic mass is 10.1. The fraction of sp³-hybridized carbons (Fsp3) is 0.421. The van der Waals surface area contributed by atoms with Gasteiger partial charge in [0.05, 0.1) is 6.42 Å². The Hall–Kier alpha value is -2.72. The lowest BCUT2D eigenvalue weighted by molar-refractivity contribution is -0.147. The van der Waals surface area contributed by atoms with E-state index in [9.17, 15) is 18.0 Å². The lowest BCUT2D eigenvalue weighted by Gasteiger charge is -2.09. The number of sulfonamides is 1. The van der Waals surface area contributed by atoms with Crippen LogP contribution in [0.4, 0.5) is 5.69 Å². The number of fused-ring (bicyclic) bond motifs is 1. The van der Waals surface area contributed by atoms with E-state index in [0.29, 0.717) is 5.69 Å². The van der Waals surface area contributed by atoms with E-state index in [0.717, 1.165) is 19.3 Å². The van der Waals surface area contributed by atoms with Crippen molar-refractivity contribution in [1.82, 2.24) is 9.88 Å². The minimum atomic E-state index is -3.84. The summed E-state index contributed by atoms with van der Waals surface area (Å²) in [7, 11) is -3.84. The van der Waals surface area contributed by atoms with Gasteiger partial charge in [-0.2, -0.15) is 0 Å². The third-order valence-electron chi connectivity index (χ3n) is 4.60. The van der Waals surface area contributed by atoms with Crippen molar-refractivity contribution in [2.45, 2.75) is 44.4 Å². The van der Waals surface area contributed by atoms with Crippen molar-refractivity contribution >= 4 is 27.6 Å². The minimum Gasteiger partial charge on any atom is -0.456 e. The average molecular weight is 421 g/mol. The van der Waals surface area contributed by atoms with Crippen LogP contribution in [-0.2, 0) is 37.2 Å². The van der Waals surface area contributed by atoms with Crippen LogP contribution in [0.1, 0.15) is 35.4 Å². The van der Waals surface area contributed by atoms with Crippen molar-refractivity contribution in [2.24, 2.45) is 0 Å². The Morgan fingerprint density at radius 1 is 1.21 bits per heavy atom. The van der Waals surface area contributed by atoms with Crippen LogP contribution >= 0.6 is 0 Å². The Kier molecular flexibility index (Phi) is 6.33. The number of amides is 1. The number of aryl methyl sites for hydroxylation is 4. The average Bonchev–Trinajstić information content (AvgIpc) is 3.25. The third kappa shape index (κ3) is 5.21. The van der Waals surface area contributed by atoms with Gasteiger partial charge in [-0.3, -0.25) is 9.59 Å². The predicted octanol–water partition coefficient (Wildman–Crippen LogP) is 1.63. The highest BCUT2D eigenvalue weighted by molar-refractivity contribution is 7.89. The molecule has 2 aromatic rings. The summed E-state index contributed by atoms with van der Waals surface area (Å²) >= 11 is 0. The molecule has 156 valence electrons. The molecule has 0 fully saturated rings. The predicted molar refractivity (Wildman–Crippen MR) is 104 cm³/mol. The van der Waals surface area contributed by atoms with Crippen LogP contribution in [0.25, 0.3) is 0 Å². The fourth-order valence-electron chi connectivity index (χ4n) is 3.28. The summed E-state index contributed by atoms with van der Waals surface area (Å²) in [6.07, 6.45) is 2.96. The molecule has 29 heavy (non-hydrogen) atoms. The highest BCUT2D eigenvalue weighted by Crippen LogP contribution is 2.24. The zero-order valence-electron chi connectivity index (χ0n) is 16.3. The molecule has 0 spiro atoms. The number of ether oxygens (including phenoxy) is 1. The first kappa shape index (κ1) is 21.0. The molecule has 0 unspecified atom stereocenters. The normalized spacial score (nSPS) is 13.2. The summed E-state index contributed by atoms with van der Waals surface area (Å²) in [6, 6.07) is 5.76. The maximum atomic E-state index is 12.2. The van der Waals surface area contributed by atoms with E-state index >= 15 is 0 Å². The molecule has 1 aromatic heterocycles. The largest absolute Gasteiger partial charge is 0.456 e. The maximum Gasteiger partial charge on any atom is 0.307 e. The highest BCUT2D eigenvalue weighted by atomic mass is 32.2. The van der Waals surface area contributed by atoms with Crippen molar-refractivity contribution in [3.8, 4) is 0 Å². The van der Waals surface area contributed by atoms with Crippen molar-refractivity contribution in [3.05, 3.63) is 40.8 Å². The second-order valence-corrected chi connectivity index (χ2v) is 8.55. The number of hydrogen-bond acceptors (Lipinski definition) is 7. The Bertz CT molecular complexity index is 1010. The molecule has 9 nitrogen and oxygen atoms in total. The summed E-state index contributed by atoms with van der Waals surface area (Å²) in [6.45, 7) is 2.39. The third-order valence-corrected chi connectivity index (χ3v) is 6.31. The number of anilines is 1. The second kappa shape index (κ2) is 8.75. The fourth-order valence-corrected chi connectivity index (χ4v) is 4.64. The zero-order chi connectivity index (χ0) is 21.0. The molecular formula is C19H23N3O6S. The Balaban J connectivity index is 1.41. The van der Waals surface area contributed by atoms with Crippen LogP contribution in [0.15, 0.2) is 27.6 Å². The second-order valence-electron chi connectivity index (χ2n) is 6.85. The molecule has 0 saturated carbocycles. The van der Waals surface area contributed by atoms with Crippen LogP contribution in [0, 0.1) is 13.8 Å². The molecule has 1 aliphatic rings. The SMILES string of the molecule is Cc1noc(C)c1S(=O)(=O)NCCC(=O)OCC(=O)Nc1ccc2c(c1)CCC2. The van der Waals surface area contributed by atoms with E-state index in [1.54, 1.807) is 0 Å². The van der Waals surface area contributed by atoms with Crippen LogP contribution in [0.3, 0.4) is 0 Å². The van der Waals surface area contributed by atoms with E-state index < -0.39 is 28.5 Å². The molecule has 0 saturated heterocycles. The molecule has 10 heteroatoms. The van der Waals surface area contributed by atoms with Gasteiger partial charge in [0.25, 0.3) is 5.91 Å².